The van der Waals surface area contributed by atoms with E-state index in [0.717, 1.165) is 31.6 Å². The number of hydrogen-bond acceptors (Lipinski definition) is 4. The van der Waals surface area contributed by atoms with E-state index in [2.05, 4.69) is 59.7 Å². The Morgan fingerprint density at radius 2 is 1.76 bits per heavy atom. The normalized spacial score (nSPS) is 26.2. The molecule has 2 heterocycles. The van der Waals surface area contributed by atoms with Crippen LogP contribution in [0.5, 0.6) is 0 Å². The standard InChI is InChI=1S/C20H29N5/c1-14-18(15(2)23-22-14)10-11-19-21-20(17-8-9-17)24-25(19)13-12-16-6-4-3-5-7-16/h3-7,14-15,17-18,22-23H,8-13H2,1-2H3. The van der Waals surface area contributed by atoms with Gasteiger partial charge in [-0.3, -0.25) is 10.9 Å². The lowest BCUT2D eigenvalue weighted by molar-refractivity contribution is 0.404. The number of aromatic nitrogens is 3. The number of hydrogen-bond donors (Lipinski definition) is 2. The number of nitrogens with zero attached hydrogens (tertiary/aromatic N) is 3. The predicted molar refractivity (Wildman–Crippen MR) is 99.1 cm³/mol. The summed E-state index contributed by atoms with van der Waals surface area (Å²) in [7, 11) is 0. The molecule has 2 fully saturated rings. The third kappa shape index (κ3) is 3.93. The molecule has 1 aliphatic carbocycles. The smallest absolute Gasteiger partial charge is 0.154 e. The van der Waals surface area contributed by atoms with Crippen LogP contribution >= 0.6 is 0 Å². The minimum atomic E-state index is 0.513. The van der Waals surface area contributed by atoms with Gasteiger partial charge in [-0.15, -0.1) is 0 Å². The fourth-order valence-corrected chi connectivity index (χ4v) is 3.86. The van der Waals surface area contributed by atoms with Crippen molar-refractivity contribution in [2.24, 2.45) is 5.92 Å². The largest absolute Gasteiger partial charge is 0.254 e. The van der Waals surface area contributed by atoms with E-state index < -0.39 is 0 Å². The molecular formula is C20H29N5. The molecule has 2 aliphatic rings. The van der Waals surface area contributed by atoms with Gasteiger partial charge in [-0.05, 0) is 51.0 Å². The van der Waals surface area contributed by atoms with Gasteiger partial charge in [0.2, 0.25) is 0 Å². The first kappa shape index (κ1) is 16.7. The maximum Gasteiger partial charge on any atom is 0.154 e. The van der Waals surface area contributed by atoms with Crippen LogP contribution in [0.15, 0.2) is 30.3 Å². The van der Waals surface area contributed by atoms with Gasteiger partial charge in [0.05, 0.1) is 0 Å². The molecule has 1 saturated carbocycles. The average molecular weight is 339 g/mol. The summed E-state index contributed by atoms with van der Waals surface area (Å²) in [5.74, 6) is 3.50. The van der Waals surface area contributed by atoms with Crippen LogP contribution in [-0.2, 0) is 19.4 Å². The van der Waals surface area contributed by atoms with E-state index in [1.807, 2.05) is 0 Å². The summed E-state index contributed by atoms with van der Waals surface area (Å²) < 4.78 is 2.17. The highest BCUT2D eigenvalue weighted by atomic mass is 15.4. The van der Waals surface area contributed by atoms with Crippen molar-refractivity contribution < 1.29 is 0 Å². The van der Waals surface area contributed by atoms with Gasteiger partial charge in [0.15, 0.2) is 5.82 Å². The number of aryl methyl sites for hydroxylation is 3. The van der Waals surface area contributed by atoms with Crippen molar-refractivity contribution in [2.45, 2.75) is 70.5 Å². The maximum atomic E-state index is 4.91. The van der Waals surface area contributed by atoms with Crippen LogP contribution in [-0.4, -0.2) is 26.8 Å². The minimum Gasteiger partial charge on any atom is -0.254 e. The summed E-state index contributed by atoms with van der Waals surface area (Å²) in [5.41, 5.74) is 8.08. The zero-order valence-electron chi connectivity index (χ0n) is 15.3. The fourth-order valence-electron chi connectivity index (χ4n) is 3.86. The molecule has 1 aromatic carbocycles. The molecule has 1 aromatic heterocycles. The molecule has 134 valence electrons. The SMILES string of the molecule is CC1NNC(C)C1CCc1nc(C2CC2)nn1CCc1ccccc1. The van der Waals surface area contributed by atoms with Crippen LogP contribution < -0.4 is 10.9 Å². The molecule has 2 N–H and O–H groups in total. The van der Waals surface area contributed by atoms with Gasteiger partial charge < -0.3 is 0 Å². The summed E-state index contributed by atoms with van der Waals surface area (Å²) >= 11 is 0. The van der Waals surface area contributed by atoms with Gasteiger partial charge in [-0.1, -0.05) is 30.3 Å². The molecule has 0 amide bonds. The van der Waals surface area contributed by atoms with Crippen molar-refractivity contribution in [1.29, 1.82) is 0 Å². The lowest BCUT2D eigenvalue weighted by Crippen LogP contribution is -2.30. The number of nitrogens with one attached hydrogen (secondary N) is 2. The number of hydrazine groups is 1. The molecule has 1 aliphatic heterocycles. The molecule has 2 unspecified atom stereocenters. The quantitative estimate of drug-likeness (QED) is 0.814. The van der Waals surface area contributed by atoms with Crippen LogP contribution in [0.1, 0.15) is 56.2 Å². The van der Waals surface area contributed by atoms with Crippen molar-refractivity contribution in [3.05, 3.63) is 47.5 Å². The van der Waals surface area contributed by atoms with Gasteiger partial charge in [0.25, 0.3) is 0 Å². The zero-order chi connectivity index (χ0) is 17.2. The van der Waals surface area contributed by atoms with E-state index >= 15 is 0 Å². The van der Waals surface area contributed by atoms with Crippen LogP contribution in [0, 0.1) is 5.92 Å². The van der Waals surface area contributed by atoms with E-state index in [9.17, 15) is 0 Å². The van der Waals surface area contributed by atoms with Gasteiger partial charge in [-0.25, -0.2) is 9.67 Å². The minimum absolute atomic E-state index is 0.513. The Labute approximate surface area is 150 Å². The fraction of sp³-hybridized carbons (Fsp3) is 0.600. The first-order chi connectivity index (χ1) is 12.2. The molecule has 0 bridgehead atoms. The van der Waals surface area contributed by atoms with Crippen molar-refractivity contribution in [3.8, 4) is 0 Å². The molecule has 0 radical (unpaired) electrons. The van der Waals surface area contributed by atoms with Gasteiger partial charge >= 0.3 is 0 Å². The van der Waals surface area contributed by atoms with Crippen LogP contribution in [0.25, 0.3) is 0 Å². The molecular weight excluding hydrogens is 310 g/mol. The summed E-state index contributed by atoms with van der Waals surface area (Å²) in [6.07, 6.45) is 5.69. The molecule has 2 aromatic rings. The highest BCUT2D eigenvalue weighted by Gasteiger charge is 2.31. The van der Waals surface area contributed by atoms with Crippen molar-refractivity contribution >= 4 is 0 Å². The predicted octanol–water partition coefficient (Wildman–Crippen LogP) is 2.83. The molecule has 4 rings (SSSR count). The van der Waals surface area contributed by atoms with Crippen molar-refractivity contribution in [1.82, 2.24) is 25.6 Å². The first-order valence-corrected chi connectivity index (χ1v) is 9.69. The second kappa shape index (κ2) is 7.26. The van der Waals surface area contributed by atoms with E-state index in [-0.39, 0.29) is 0 Å². The van der Waals surface area contributed by atoms with E-state index in [1.54, 1.807) is 0 Å². The lowest BCUT2D eigenvalue weighted by atomic mass is 9.91. The van der Waals surface area contributed by atoms with Crippen LogP contribution in [0.3, 0.4) is 0 Å². The Morgan fingerprint density at radius 3 is 2.44 bits per heavy atom. The van der Waals surface area contributed by atoms with E-state index in [4.69, 9.17) is 10.1 Å². The third-order valence-corrected chi connectivity index (χ3v) is 5.69. The number of rotatable bonds is 7. The molecule has 0 spiro atoms. The van der Waals surface area contributed by atoms with Crippen molar-refractivity contribution in [3.63, 3.8) is 0 Å². The molecule has 2 atom stereocenters. The molecule has 25 heavy (non-hydrogen) atoms. The number of benzene rings is 1. The Morgan fingerprint density at radius 1 is 1.04 bits per heavy atom. The lowest BCUT2D eigenvalue weighted by Gasteiger charge is -2.17. The van der Waals surface area contributed by atoms with Crippen LogP contribution in [0.2, 0.25) is 0 Å². The second-order valence-corrected chi connectivity index (χ2v) is 7.69. The second-order valence-electron chi connectivity index (χ2n) is 7.69. The summed E-state index contributed by atoms with van der Waals surface area (Å²) in [6.45, 7) is 5.44. The topological polar surface area (TPSA) is 54.8 Å². The van der Waals surface area contributed by atoms with Gasteiger partial charge in [0.1, 0.15) is 5.82 Å². The van der Waals surface area contributed by atoms with E-state index in [0.29, 0.717) is 23.9 Å². The average Bonchev–Trinajstić information content (AvgIpc) is 3.33. The van der Waals surface area contributed by atoms with Crippen LogP contribution in [0.4, 0.5) is 0 Å². The monoisotopic (exact) mass is 339 g/mol. The Kier molecular flexibility index (Phi) is 4.86. The molecule has 5 heteroatoms. The highest BCUT2D eigenvalue weighted by molar-refractivity contribution is 5.15. The summed E-state index contributed by atoms with van der Waals surface area (Å²) in [6, 6.07) is 11.7. The highest BCUT2D eigenvalue weighted by Crippen LogP contribution is 2.38. The van der Waals surface area contributed by atoms with E-state index in [1.165, 1.54) is 24.2 Å². The third-order valence-electron chi connectivity index (χ3n) is 5.69. The first-order valence-electron chi connectivity index (χ1n) is 9.69. The Balaban J connectivity index is 1.44. The summed E-state index contributed by atoms with van der Waals surface area (Å²) in [5, 5.41) is 4.84. The van der Waals surface area contributed by atoms with Gasteiger partial charge in [-0.2, -0.15) is 5.10 Å². The molecule has 5 nitrogen and oxygen atoms in total. The van der Waals surface area contributed by atoms with Crippen molar-refractivity contribution in [2.75, 3.05) is 0 Å². The Hall–Kier alpha value is -1.72. The maximum absolute atomic E-state index is 4.91. The molecule has 1 saturated heterocycles. The zero-order valence-corrected chi connectivity index (χ0v) is 15.3. The summed E-state index contributed by atoms with van der Waals surface area (Å²) in [4.78, 5) is 4.91. The Bertz CT molecular complexity index is 681. The van der Waals surface area contributed by atoms with Gasteiger partial charge in [0, 0.05) is 31.0 Å².